The van der Waals surface area contributed by atoms with Gasteiger partial charge >= 0.3 is 0 Å². The number of aromatic nitrogens is 4. The number of halogens is 3. The Labute approximate surface area is 143 Å². The second-order valence-corrected chi connectivity index (χ2v) is 5.11. The number of hydrogen-bond acceptors (Lipinski definition) is 7. The van der Waals surface area contributed by atoms with E-state index >= 15 is 0 Å². The number of ether oxygens (including phenoxy) is 2. The summed E-state index contributed by atoms with van der Waals surface area (Å²) in [7, 11) is 6.78. The average Bonchev–Trinajstić information content (AvgIpc) is 2.49. The lowest BCUT2D eigenvalue weighted by Crippen LogP contribution is -2.12. The van der Waals surface area contributed by atoms with Crippen LogP contribution in [0, 0.1) is 0 Å². The van der Waals surface area contributed by atoms with Gasteiger partial charge in [-0.05, 0) is 0 Å². The number of rotatable bonds is 3. The molecule has 0 aliphatic rings. The van der Waals surface area contributed by atoms with Crippen molar-refractivity contribution < 1.29 is 9.47 Å². The van der Waals surface area contributed by atoms with Crippen molar-refractivity contribution in [3.05, 3.63) is 27.6 Å². The molecule has 0 radical (unpaired) electrons. The maximum absolute atomic E-state index is 5.63. The number of hydrogen-bond donors (Lipinski definition) is 0. The molecule has 0 atom stereocenters. The molecule has 2 aromatic rings. The molecule has 0 aromatic carbocycles. The van der Waals surface area contributed by atoms with Crippen LogP contribution in [0.15, 0.2) is 12.1 Å². The average molecular weight is 367 g/mol. The standard InChI is InChI=1S/C7H10ClN3O.C5H4Cl2N2O/c1-11(2)7-5(12-3)4-6(8)9-10-7;1-10-3-2-4(6)8-9-5(3)7/h4H,1-3H3;2H,1H3. The van der Waals surface area contributed by atoms with Gasteiger partial charge in [-0.15, -0.1) is 20.4 Å². The largest absolute Gasteiger partial charge is 0.493 e. The van der Waals surface area contributed by atoms with Crippen LogP contribution in [0.2, 0.25) is 15.5 Å². The summed E-state index contributed by atoms with van der Waals surface area (Å²) < 4.78 is 9.87. The van der Waals surface area contributed by atoms with Crippen LogP contribution < -0.4 is 14.4 Å². The van der Waals surface area contributed by atoms with E-state index in [-0.39, 0.29) is 10.3 Å². The van der Waals surface area contributed by atoms with Crippen LogP contribution in [0.4, 0.5) is 5.82 Å². The second-order valence-electron chi connectivity index (χ2n) is 3.98. The predicted octanol–water partition coefficient (Wildman–Crippen LogP) is 3.00. The number of methoxy groups -OCH3 is 2. The van der Waals surface area contributed by atoms with Gasteiger partial charge in [-0.2, -0.15) is 0 Å². The van der Waals surface area contributed by atoms with E-state index in [9.17, 15) is 0 Å². The zero-order chi connectivity index (χ0) is 16.7. The van der Waals surface area contributed by atoms with Crippen LogP contribution in [-0.2, 0) is 0 Å². The van der Waals surface area contributed by atoms with Gasteiger partial charge in [0, 0.05) is 26.2 Å². The Morgan fingerprint density at radius 2 is 1.32 bits per heavy atom. The van der Waals surface area contributed by atoms with E-state index in [0.717, 1.165) is 0 Å². The van der Waals surface area contributed by atoms with Gasteiger partial charge in [0.15, 0.2) is 32.8 Å². The maximum Gasteiger partial charge on any atom is 0.193 e. The molecule has 0 fully saturated rings. The molecular weight excluding hydrogens is 353 g/mol. The molecule has 0 saturated heterocycles. The molecule has 0 aliphatic heterocycles. The summed E-state index contributed by atoms with van der Waals surface area (Å²) >= 11 is 16.7. The molecule has 0 N–H and O–H groups in total. The van der Waals surface area contributed by atoms with Gasteiger partial charge in [0.2, 0.25) is 0 Å². The Morgan fingerprint density at radius 3 is 1.77 bits per heavy atom. The van der Waals surface area contributed by atoms with Gasteiger partial charge in [0.25, 0.3) is 0 Å². The van der Waals surface area contributed by atoms with Crippen LogP contribution in [0.5, 0.6) is 11.5 Å². The molecule has 120 valence electrons. The Balaban J connectivity index is 0.000000224. The van der Waals surface area contributed by atoms with E-state index in [2.05, 4.69) is 20.4 Å². The molecule has 0 amide bonds. The summed E-state index contributed by atoms with van der Waals surface area (Å²) in [6.07, 6.45) is 0. The first-order valence-electron chi connectivity index (χ1n) is 5.86. The summed E-state index contributed by atoms with van der Waals surface area (Å²) in [6.45, 7) is 0. The van der Waals surface area contributed by atoms with Crippen molar-refractivity contribution >= 4 is 40.6 Å². The van der Waals surface area contributed by atoms with E-state index in [4.69, 9.17) is 44.3 Å². The summed E-state index contributed by atoms with van der Waals surface area (Å²) in [5, 5.41) is 15.4. The smallest absolute Gasteiger partial charge is 0.193 e. The summed E-state index contributed by atoms with van der Waals surface area (Å²) in [6, 6.07) is 3.13. The fraction of sp³-hybridized carbons (Fsp3) is 0.333. The van der Waals surface area contributed by atoms with Crippen molar-refractivity contribution in [1.29, 1.82) is 0 Å². The van der Waals surface area contributed by atoms with Crippen LogP contribution in [-0.4, -0.2) is 48.7 Å². The molecule has 0 aliphatic carbocycles. The minimum absolute atomic E-state index is 0.215. The third-order valence-corrected chi connectivity index (χ3v) is 2.89. The Hall–Kier alpha value is -1.57. The van der Waals surface area contributed by atoms with E-state index in [0.29, 0.717) is 22.5 Å². The fourth-order valence-corrected chi connectivity index (χ4v) is 1.73. The lowest BCUT2D eigenvalue weighted by atomic mass is 10.4. The minimum atomic E-state index is 0.215. The molecular formula is C12H14Cl3N5O2. The Morgan fingerprint density at radius 1 is 0.818 bits per heavy atom. The highest BCUT2D eigenvalue weighted by atomic mass is 35.5. The molecule has 10 heteroatoms. The number of nitrogens with zero attached hydrogens (tertiary/aromatic N) is 5. The lowest BCUT2D eigenvalue weighted by molar-refractivity contribution is 0.412. The summed E-state index contributed by atoms with van der Waals surface area (Å²) in [5.74, 6) is 1.73. The van der Waals surface area contributed by atoms with Crippen molar-refractivity contribution in [2.24, 2.45) is 0 Å². The van der Waals surface area contributed by atoms with Crippen molar-refractivity contribution in [3.63, 3.8) is 0 Å². The van der Waals surface area contributed by atoms with Gasteiger partial charge in [0.05, 0.1) is 14.2 Å². The second kappa shape index (κ2) is 8.77. The third kappa shape index (κ3) is 5.32. The summed E-state index contributed by atoms with van der Waals surface area (Å²) in [4.78, 5) is 1.81. The SMILES string of the molecule is COc1cc(Cl)nnc1Cl.COc1cc(Cl)nnc1N(C)C. The monoisotopic (exact) mass is 365 g/mol. The molecule has 0 bridgehead atoms. The molecule has 0 spiro atoms. The Bertz CT molecular complexity index is 628. The van der Waals surface area contributed by atoms with Crippen LogP contribution in [0.25, 0.3) is 0 Å². The topological polar surface area (TPSA) is 73.3 Å². The lowest BCUT2D eigenvalue weighted by Gasteiger charge is -2.13. The highest BCUT2D eigenvalue weighted by Crippen LogP contribution is 2.24. The Kier molecular flexibility index (Phi) is 7.37. The van der Waals surface area contributed by atoms with Gasteiger partial charge < -0.3 is 14.4 Å². The zero-order valence-corrected chi connectivity index (χ0v) is 14.6. The molecule has 0 saturated carbocycles. The molecule has 22 heavy (non-hydrogen) atoms. The normalized spacial score (nSPS) is 9.59. The molecule has 2 heterocycles. The van der Waals surface area contributed by atoms with E-state index in [1.54, 1.807) is 13.2 Å². The zero-order valence-electron chi connectivity index (χ0n) is 12.3. The predicted molar refractivity (Wildman–Crippen MR) is 86.5 cm³/mol. The van der Waals surface area contributed by atoms with Gasteiger partial charge in [0.1, 0.15) is 0 Å². The fourth-order valence-electron chi connectivity index (χ4n) is 1.29. The summed E-state index contributed by atoms with van der Waals surface area (Å²) in [5.41, 5.74) is 0. The highest BCUT2D eigenvalue weighted by molar-refractivity contribution is 6.32. The first-order chi connectivity index (χ1) is 10.4. The quantitative estimate of drug-likeness (QED) is 0.826. The van der Waals surface area contributed by atoms with Crippen molar-refractivity contribution in [2.75, 3.05) is 33.2 Å². The molecule has 0 unspecified atom stereocenters. The highest BCUT2D eigenvalue weighted by Gasteiger charge is 2.07. The molecule has 2 aromatic heterocycles. The van der Waals surface area contributed by atoms with Gasteiger partial charge in [-0.1, -0.05) is 34.8 Å². The van der Waals surface area contributed by atoms with Gasteiger partial charge in [-0.3, -0.25) is 0 Å². The van der Waals surface area contributed by atoms with E-state index in [1.165, 1.54) is 13.2 Å². The van der Waals surface area contributed by atoms with Crippen molar-refractivity contribution in [2.45, 2.75) is 0 Å². The van der Waals surface area contributed by atoms with E-state index < -0.39 is 0 Å². The minimum Gasteiger partial charge on any atom is -0.493 e. The van der Waals surface area contributed by atoms with Crippen molar-refractivity contribution in [3.8, 4) is 11.5 Å². The number of anilines is 1. The molecule has 7 nitrogen and oxygen atoms in total. The first kappa shape index (κ1) is 18.5. The molecule has 2 rings (SSSR count). The first-order valence-corrected chi connectivity index (χ1v) is 6.99. The van der Waals surface area contributed by atoms with Crippen LogP contribution >= 0.6 is 34.8 Å². The van der Waals surface area contributed by atoms with Crippen LogP contribution in [0.3, 0.4) is 0 Å². The van der Waals surface area contributed by atoms with Gasteiger partial charge in [-0.25, -0.2) is 0 Å². The third-order valence-electron chi connectivity index (χ3n) is 2.26. The maximum atomic E-state index is 5.63. The van der Waals surface area contributed by atoms with Crippen LogP contribution in [0.1, 0.15) is 0 Å². The van der Waals surface area contributed by atoms with Crippen molar-refractivity contribution in [1.82, 2.24) is 20.4 Å². The van der Waals surface area contributed by atoms with E-state index in [1.807, 2.05) is 19.0 Å².